The normalized spacial score (nSPS) is 15.2. The van der Waals surface area contributed by atoms with Gasteiger partial charge in [-0.1, -0.05) is 12.1 Å². The van der Waals surface area contributed by atoms with Gasteiger partial charge in [0.1, 0.15) is 5.75 Å². The quantitative estimate of drug-likeness (QED) is 0.641. The third-order valence-corrected chi connectivity index (χ3v) is 3.67. The Morgan fingerprint density at radius 2 is 1.71 bits per heavy atom. The summed E-state index contributed by atoms with van der Waals surface area (Å²) >= 11 is 0. The van der Waals surface area contributed by atoms with E-state index in [1.54, 1.807) is 37.5 Å². The van der Waals surface area contributed by atoms with Crippen LogP contribution in [-0.4, -0.2) is 33.1 Å². The van der Waals surface area contributed by atoms with Gasteiger partial charge in [0.25, 0.3) is 0 Å². The zero-order chi connectivity index (χ0) is 17.1. The van der Waals surface area contributed by atoms with Crippen molar-refractivity contribution in [2.75, 3.05) is 26.1 Å². The fourth-order valence-corrected chi connectivity index (χ4v) is 2.29. The highest BCUT2D eigenvalue weighted by atomic mass is 16.6. The summed E-state index contributed by atoms with van der Waals surface area (Å²) in [5.74, 6) is 0.594. The van der Waals surface area contributed by atoms with Crippen LogP contribution in [0.15, 0.2) is 59.2 Å². The Hall–Kier alpha value is -3.08. The molecule has 0 aliphatic carbocycles. The van der Waals surface area contributed by atoms with E-state index in [-0.39, 0.29) is 0 Å². The molecular weight excluding hydrogens is 304 g/mol. The number of esters is 1. The van der Waals surface area contributed by atoms with E-state index < -0.39 is 5.97 Å². The molecule has 0 aromatic heterocycles. The van der Waals surface area contributed by atoms with Crippen LogP contribution in [0.4, 0.5) is 5.69 Å². The number of benzene rings is 2. The summed E-state index contributed by atoms with van der Waals surface area (Å²) in [6, 6.07) is 15.1. The van der Waals surface area contributed by atoms with Gasteiger partial charge in [0, 0.05) is 25.3 Å². The molecule has 0 spiro atoms. The number of aliphatic imine (C=N–C) groups is 1. The maximum absolute atomic E-state index is 12.0. The van der Waals surface area contributed by atoms with Crippen molar-refractivity contribution in [1.82, 2.24) is 0 Å². The monoisotopic (exact) mass is 322 g/mol. The van der Waals surface area contributed by atoms with Crippen LogP contribution in [0.1, 0.15) is 11.1 Å². The minimum Gasteiger partial charge on any atom is -0.497 e. The van der Waals surface area contributed by atoms with Crippen LogP contribution in [0.2, 0.25) is 0 Å². The maximum Gasteiger partial charge on any atom is 0.363 e. The third-order valence-electron chi connectivity index (χ3n) is 3.67. The molecular formula is C19H18N2O3. The van der Waals surface area contributed by atoms with E-state index in [1.165, 1.54) is 0 Å². The van der Waals surface area contributed by atoms with Crippen LogP contribution < -0.4 is 9.64 Å². The summed E-state index contributed by atoms with van der Waals surface area (Å²) < 4.78 is 10.4. The lowest BCUT2D eigenvalue weighted by Crippen LogP contribution is -2.08. The smallest absolute Gasteiger partial charge is 0.363 e. The van der Waals surface area contributed by atoms with Crippen molar-refractivity contribution in [2.24, 2.45) is 4.99 Å². The molecule has 5 nitrogen and oxygen atoms in total. The largest absolute Gasteiger partial charge is 0.497 e. The number of anilines is 1. The molecule has 0 radical (unpaired) electrons. The van der Waals surface area contributed by atoms with Gasteiger partial charge in [0.05, 0.1) is 7.11 Å². The molecule has 0 N–H and O–H groups in total. The number of rotatable bonds is 4. The molecule has 0 fully saturated rings. The Labute approximate surface area is 140 Å². The molecule has 0 saturated heterocycles. The van der Waals surface area contributed by atoms with Gasteiger partial charge in [-0.05, 0) is 48.0 Å². The average Bonchev–Trinajstić information content (AvgIpc) is 2.96. The highest BCUT2D eigenvalue weighted by Crippen LogP contribution is 2.21. The van der Waals surface area contributed by atoms with E-state index in [1.807, 2.05) is 43.3 Å². The number of nitrogens with zero attached hydrogens (tertiary/aromatic N) is 2. The number of carbonyl (C=O) groups excluding carboxylic acids is 1. The minimum absolute atomic E-state index is 0.290. The number of carbonyl (C=O) groups is 1. The number of ether oxygens (including phenoxy) is 2. The first-order valence-electron chi connectivity index (χ1n) is 7.51. The Morgan fingerprint density at radius 1 is 1.04 bits per heavy atom. The molecule has 0 atom stereocenters. The second kappa shape index (κ2) is 6.58. The van der Waals surface area contributed by atoms with Gasteiger partial charge in [-0.25, -0.2) is 9.79 Å². The highest BCUT2D eigenvalue weighted by Gasteiger charge is 2.24. The van der Waals surface area contributed by atoms with Crippen molar-refractivity contribution in [1.29, 1.82) is 0 Å². The Kier molecular flexibility index (Phi) is 4.33. The zero-order valence-corrected chi connectivity index (χ0v) is 13.8. The maximum atomic E-state index is 12.0. The number of methoxy groups -OCH3 is 1. The summed E-state index contributed by atoms with van der Waals surface area (Å²) in [4.78, 5) is 18.3. The summed E-state index contributed by atoms with van der Waals surface area (Å²) in [5.41, 5.74) is 3.01. The number of hydrogen-bond donors (Lipinski definition) is 0. The first kappa shape index (κ1) is 15.8. The van der Waals surface area contributed by atoms with Crippen molar-refractivity contribution < 1.29 is 14.3 Å². The molecule has 2 aromatic rings. The van der Waals surface area contributed by atoms with E-state index in [2.05, 4.69) is 4.99 Å². The molecule has 0 bridgehead atoms. The molecule has 0 unspecified atom stereocenters. The van der Waals surface area contributed by atoms with Crippen LogP contribution in [0.3, 0.4) is 0 Å². The van der Waals surface area contributed by atoms with Crippen LogP contribution in [0.5, 0.6) is 5.75 Å². The van der Waals surface area contributed by atoms with Crippen LogP contribution in [-0.2, 0) is 9.53 Å². The summed E-state index contributed by atoms with van der Waals surface area (Å²) in [5, 5.41) is 0. The molecule has 2 aromatic carbocycles. The molecule has 122 valence electrons. The third kappa shape index (κ3) is 3.30. The fourth-order valence-electron chi connectivity index (χ4n) is 2.29. The van der Waals surface area contributed by atoms with Crippen LogP contribution >= 0.6 is 0 Å². The van der Waals surface area contributed by atoms with Gasteiger partial charge in [-0.3, -0.25) is 0 Å². The van der Waals surface area contributed by atoms with E-state index in [9.17, 15) is 4.79 Å². The predicted molar refractivity (Wildman–Crippen MR) is 94.4 cm³/mol. The van der Waals surface area contributed by atoms with Crippen molar-refractivity contribution in [3.63, 3.8) is 0 Å². The fraction of sp³-hybridized carbons (Fsp3) is 0.158. The van der Waals surface area contributed by atoms with Gasteiger partial charge < -0.3 is 14.4 Å². The molecule has 0 amide bonds. The van der Waals surface area contributed by atoms with E-state index in [0.29, 0.717) is 11.6 Å². The van der Waals surface area contributed by atoms with Crippen molar-refractivity contribution in [3.8, 4) is 5.75 Å². The molecule has 1 aliphatic rings. The Balaban J connectivity index is 1.85. The molecule has 0 saturated carbocycles. The van der Waals surface area contributed by atoms with E-state index >= 15 is 0 Å². The number of hydrogen-bond acceptors (Lipinski definition) is 5. The first-order valence-corrected chi connectivity index (χ1v) is 7.51. The zero-order valence-electron chi connectivity index (χ0n) is 13.8. The van der Waals surface area contributed by atoms with Crippen molar-refractivity contribution in [2.45, 2.75) is 0 Å². The van der Waals surface area contributed by atoms with Crippen molar-refractivity contribution in [3.05, 3.63) is 65.4 Å². The first-order chi connectivity index (χ1) is 11.6. The molecule has 3 rings (SSSR count). The minimum atomic E-state index is -0.447. The van der Waals surface area contributed by atoms with Gasteiger partial charge in [-0.15, -0.1) is 0 Å². The Bertz CT molecular complexity index is 804. The summed E-state index contributed by atoms with van der Waals surface area (Å²) in [6.07, 6.45) is 1.72. The SMILES string of the molecule is COc1ccc(C2=NC(=Cc3ccc(N(C)C)cc3)C(=O)O2)cc1. The van der Waals surface area contributed by atoms with Crippen molar-refractivity contribution >= 4 is 23.6 Å². The molecule has 1 heterocycles. The molecule has 1 aliphatic heterocycles. The summed E-state index contributed by atoms with van der Waals surface area (Å²) in [6.45, 7) is 0. The second-order valence-electron chi connectivity index (χ2n) is 5.55. The topological polar surface area (TPSA) is 51.1 Å². The summed E-state index contributed by atoms with van der Waals surface area (Å²) in [7, 11) is 5.56. The molecule has 5 heteroatoms. The van der Waals surface area contributed by atoms with Crippen LogP contribution in [0, 0.1) is 0 Å². The highest BCUT2D eigenvalue weighted by molar-refractivity contribution is 6.12. The average molecular weight is 322 g/mol. The van der Waals surface area contributed by atoms with Gasteiger partial charge in [0.15, 0.2) is 5.70 Å². The number of cyclic esters (lactones) is 1. The van der Waals surface area contributed by atoms with E-state index in [4.69, 9.17) is 9.47 Å². The standard InChI is InChI=1S/C19H18N2O3/c1-21(2)15-8-4-13(5-9-15)12-17-19(22)24-18(20-17)14-6-10-16(23-3)11-7-14/h4-12H,1-3H3. The van der Waals surface area contributed by atoms with Gasteiger partial charge >= 0.3 is 5.97 Å². The van der Waals surface area contributed by atoms with Gasteiger partial charge in [-0.2, -0.15) is 0 Å². The van der Waals surface area contributed by atoms with Crippen LogP contribution in [0.25, 0.3) is 6.08 Å². The predicted octanol–water partition coefficient (Wildman–Crippen LogP) is 3.11. The lowest BCUT2D eigenvalue weighted by Gasteiger charge is -2.11. The second-order valence-corrected chi connectivity index (χ2v) is 5.55. The Morgan fingerprint density at radius 3 is 2.29 bits per heavy atom. The lowest BCUT2D eigenvalue weighted by molar-refractivity contribution is -0.129. The van der Waals surface area contributed by atoms with Gasteiger partial charge in [0.2, 0.25) is 5.90 Å². The van der Waals surface area contributed by atoms with E-state index in [0.717, 1.165) is 22.6 Å². The molecule has 24 heavy (non-hydrogen) atoms. The lowest BCUT2D eigenvalue weighted by atomic mass is 10.1.